The molecule has 3 aromatic rings. The molecule has 2 aromatic heterocycles. The number of thiophene rings is 1. The van der Waals surface area contributed by atoms with Crippen LogP contribution in [-0.2, 0) is 10.0 Å². The van der Waals surface area contributed by atoms with E-state index >= 15 is 0 Å². The monoisotopic (exact) mass is 428 g/mol. The van der Waals surface area contributed by atoms with Crippen LogP contribution in [-0.4, -0.2) is 30.3 Å². The third-order valence-electron chi connectivity index (χ3n) is 4.13. The fourth-order valence-corrected chi connectivity index (χ4v) is 4.79. The Bertz CT molecular complexity index is 1390. The van der Waals surface area contributed by atoms with Crippen LogP contribution in [0.2, 0.25) is 0 Å². The van der Waals surface area contributed by atoms with E-state index in [0.29, 0.717) is 15.9 Å². The lowest BCUT2D eigenvalue weighted by Gasteiger charge is -2.18. The lowest BCUT2D eigenvalue weighted by atomic mass is 10.2. The van der Waals surface area contributed by atoms with Gasteiger partial charge in [-0.3, -0.25) is 4.79 Å². The van der Waals surface area contributed by atoms with Crippen molar-refractivity contribution < 1.29 is 13.5 Å². The van der Waals surface area contributed by atoms with Crippen LogP contribution in [0, 0.1) is 0 Å². The summed E-state index contributed by atoms with van der Waals surface area (Å²) in [7, 11) is -3.96. The van der Waals surface area contributed by atoms with Gasteiger partial charge in [-0.05, 0) is 38.1 Å². The van der Waals surface area contributed by atoms with Crippen molar-refractivity contribution in [2.75, 3.05) is 5.32 Å². The lowest BCUT2D eigenvalue weighted by Crippen LogP contribution is -2.31. The number of nitrogens with zero attached hydrogens (tertiary/aromatic N) is 3. The highest BCUT2D eigenvalue weighted by atomic mass is 32.2. The van der Waals surface area contributed by atoms with E-state index in [9.17, 15) is 18.3 Å². The average molecular weight is 428 g/mol. The molecule has 0 atom stereocenters. The summed E-state index contributed by atoms with van der Waals surface area (Å²) in [6.07, 6.45) is 3.20. The molecule has 4 rings (SSSR count). The molecule has 3 heterocycles. The number of para-hydroxylation sites is 1. The van der Waals surface area contributed by atoms with Gasteiger partial charge in [0.15, 0.2) is 10.9 Å². The normalized spacial score (nSPS) is 15.0. The summed E-state index contributed by atoms with van der Waals surface area (Å²) in [6, 6.07) is 9.28. The first-order valence-corrected chi connectivity index (χ1v) is 10.8. The third kappa shape index (κ3) is 3.47. The maximum atomic E-state index is 13.1. The van der Waals surface area contributed by atoms with E-state index in [1.54, 1.807) is 24.3 Å². The minimum atomic E-state index is -3.96. The van der Waals surface area contributed by atoms with Crippen LogP contribution in [0.3, 0.4) is 0 Å². The second-order valence-electron chi connectivity index (χ2n) is 6.55. The highest BCUT2D eigenvalue weighted by molar-refractivity contribution is 7.90. The van der Waals surface area contributed by atoms with Crippen molar-refractivity contribution in [1.82, 2.24) is 4.68 Å². The second kappa shape index (κ2) is 6.98. The number of rotatable bonds is 3. The largest absolute Gasteiger partial charge is 0.499 e. The molecule has 29 heavy (non-hydrogen) atoms. The summed E-state index contributed by atoms with van der Waals surface area (Å²) in [5, 5.41) is 17.0. The summed E-state index contributed by atoms with van der Waals surface area (Å²) >= 11 is 1.05. The Morgan fingerprint density at radius 3 is 2.79 bits per heavy atom. The molecule has 0 unspecified atom stereocenters. The molecule has 0 bridgehead atoms. The summed E-state index contributed by atoms with van der Waals surface area (Å²) in [6.45, 7) is 3.78. The van der Waals surface area contributed by atoms with Gasteiger partial charge in [-0.2, -0.15) is 18.2 Å². The van der Waals surface area contributed by atoms with E-state index in [1.807, 2.05) is 13.8 Å². The van der Waals surface area contributed by atoms with Gasteiger partial charge in [0.2, 0.25) is 0 Å². The molecule has 1 aliphatic rings. The number of aromatic hydroxyl groups is 1. The van der Waals surface area contributed by atoms with E-state index in [2.05, 4.69) is 14.8 Å². The average Bonchev–Trinajstić information content (AvgIpc) is 3.02. The van der Waals surface area contributed by atoms with Crippen molar-refractivity contribution in [3.8, 4) is 5.06 Å². The van der Waals surface area contributed by atoms with Crippen molar-refractivity contribution in [3.63, 3.8) is 0 Å². The van der Waals surface area contributed by atoms with Crippen LogP contribution in [0.15, 0.2) is 67.2 Å². The predicted octanol–water partition coefficient (Wildman–Crippen LogP) is 3.13. The molecule has 1 aliphatic heterocycles. The van der Waals surface area contributed by atoms with Crippen LogP contribution in [0.4, 0.5) is 5.69 Å². The molecule has 1 aromatic carbocycles. The molecule has 8 nitrogen and oxygen atoms in total. The maximum Gasteiger partial charge on any atom is 0.286 e. The highest BCUT2D eigenvalue weighted by Crippen LogP contribution is 2.32. The number of pyridine rings is 1. The van der Waals surface area contributed by atoms with Gasteiger partial charge in [0.1, 0.15) is 4.90 Å². The van der Waals surface area contributed by atoms with Gasteiger partial charge < -0.3 is 10.4 Å². The zero-order valence-corrected chi connectivity index (χ0v) is 17.1. The van der Waals surface area contributed by atoms with Gasteiger partial charge >= 0.3 is 0 Å². The first kappa shape index (κ1) is 19.1. The molecule has 0 amide bonds. The van der Waals surface area contributed by atoms with Crippen LogP contribution >= 0.6 is 11.3 Å². The SMILES string of the molecule is CC(C)=CC=Nn1c(=O)c(C2=NS(=O)(=O)c3ccccc3N2)cc2sc(O)cc21. The van der Waals surface area contributed by atoms with Gasteiger partial charge in [-0.25, -0.2) is 0 Å². The fourth-order valence-electron chi connectivity index (χ4n) is 2.83. The molecule has 148 valence electrons. The summed E-state index contributed by atoms with van der Waals surface area (Å²) in [4.78, 5) is 13.2. The zero-order valence-electron chi connectivity index (χ0n) is 15.4. The highest BCUT2D eigenvalue weighted by Gasteiger charge is 2.27. The molecule has 0 saturated heterocycles. The van der Waals surface area contributed by atoms with Gasteiger partial charge in [-0.15, -0.1) is 4.40 Å². The number of sulfonamides is 1. The van der Waals surface area contributed by atoms with Gasteiger partial charge in [-0.1, -0.05) is 29.0 Å². The molecular formula is C19H16N4O4S2. The molecule has 0 fully saturated rings. The standard InChI is InChI=1S/C19H16N4O4S2/c1-11(2)7-8-20-23-14-10-17(24)28-15(14)9-12(19(23)25)18-21-13-5-3-4-6-16(13)29(26,27)22-18/h3-10,24H,1-2H3,(H,21,22). The van der Waals surface area contributed by atoms with E-state index in [4.69, 9.17) is 0 Å². The maximum absolute atomic E-state index is 13.1. The third-order valence-corrected chi connectivity index (χ3v) is 6.34. The van der Waals surface area contributed by atoms with Crippen LogP contribution < -0.4 is 10.9 Å². The fraction of sp³-hybridized carbons (Fsp3) is 0.105. The number of fused-ring (bicyclic) bond motifs is 2. The van der Waals surface area contributed by atoms with Crippen molar-refractivity contribution in [3.05, 3.63) is 64.0 Å². The molecule has 0 aliphatic carbocycles. The number of amidine groups is 1. The Morgan fingerprint density at radius 2 is 2.03 bits per heavy atom. The number of hydrogen-bond acceptors (Lipinski definition) is 7. The van der Waals surface area contributed by atoms with Crippen LogP contribution in [0.25, 0.3) is 10.2 Å². The smallest absolute Gasteiger partial charge is 0.286 e. The minimum Gasteiger partial charge on any atom is -0.499 e. The Hall–Kier alpha value is -3.24. The quantitative estimate of drug-likeness (QED) is 0.622. The molecule has 0 saturated carbocycles. The lowest BCUT2D eigenvalue weighted by molar-refractivity contribution is 0.491. The van der Waals surface area contributed by atoms with Crippen molar-refractivity contribution in [2.24, 2.45) is 9.50 Å². The Balaban J connectivity index is 1.95. The number of allylic oxidation sites excluding steroid dienone is 2. The molecule has 0 radical (unpaired) electrons. The minimum absolute atomic E-state index is 0.0132. The predicted molar refractivity (Wildman–Crippen MR) is 115 cm³/mol. The molecule has 2 N–H and O–H groups in total. The number of anilines is 1. The van der Waals surface area contributed by atoms with Gasteiger partial charge in [0.05, 0.1) is 21.5 Å². The van der Waals surface area contributed by atoms with Gasteiger partial charge in [0.25, 0.3) is 15.6 Å². The summed E-state index contributed by atoms with van der Waals surface area (Å²) in [5.41, 5.74) is 1.22. The Labute approximate surface area is 170 Å². The zero-order chi connectivity index (χ0) is 20.8. The van der Waals surface area contributed by atoms with Crippen molar-refractivity contribution in [1.29, 1.82) is 0 Å². The van der Waals surface area contributed by atoms with E-state index in [0.717, 1.165) is 21.6 Å². The van der Waals surface area contributed by atoms with Crippen LogP contribution in [0.5, 0.6) is 5.06 Å². The van der Waals surface area contributed by atoms with Crippen LogP contribution in [0.1, 0.15) is 19.4 Å². The van der Waals surface area contributed by atoms with Gasteiger partial charge in [0, 0.05) is 12.3 Å². The number of benzene rings is 1. The second-order valence-corrected chi connectivity index (χ2v) is 9.19. The first-order valence-electron chi connectivity index (χ1n) is 8.54. The first-order chi connectivity index (χ1) is 13.8. The van der Waals surface area contributed by atoms with E-state index in [1.165, 1.54) is 24.4 Å². The van der Waals surface area contributed by atoms with Crippen molar-refractivity contribution >= 4 is 49.3 Å². The number of hydrogen-bond donors (Lipinski definition) is 2. The molecule has 10 heteroatoms. The Morgan fingerprint density at radius 1 is 1.28 bits per heavy atom. The molecule has 0 spiro atoms. The summed E-state index contributed by atoms with van der Waals surface area (Å²) < 4.78 is 30.6. The topological polar surface area (TPSA) is 113 Å². The Kier molecular flexibility index (Phi) is 4.59. The van der Waals surface area contributed by atoms with E-state index in [-0.39, 0.29) is 21.4 Å². The number of nitrogens with one attached hydrogen (secondary N) is 1. The summed E-state index contributed by atoms with van der Waals surface area (Å²) in [5.74, 6) is -0.0883. The number of aromatic nitrogens is 1. The molecular weight excluding hydrogens is 412 g/mol. The van der Waals surface area contributed by atoms with E-state index < -0.39 is 15.6 Å². The van der Waals surface area contributed by atoms with Crippen molar-refractivity contribution in [2.45, 2.75) is 18.7 Å².